The number of hydrogen-bond acceptors (Lipinski definition) is 4. The zero-order valence-electron chi connectivity index (χ0n) is 8.74. The predicted octanol–water partition coefficient (Wildman–Crippen LogP) is 1.07. The van der Waals surface area contributed by atoms with Gasteiger partial charge >= 0.3 is 0 Å². The van der Waals surface area contributed by atoms with Crippen molar-refractivity contribution >= 4 is 23.3 Å². The van der Waals surface area contributed by atoms with Gasteiger partial charge in [-0.15, -0.1) is 0 Å². The van der Waals surface area contributed by atoms with Gasteiger partial charge in [-0.25, -0.2) is 9.97 Å². The van der Waals surface area contributed by atoms with Gasteiger partial charge in [-0.2, -0.15) is 0 Å². The summed E-state index contributed by atoms with van der Waals surface area (Å²) in [4.78, 5) is 19.5. The molecular formula is C10H13ClN4O. The molecule has 2 N–H and O–H groups in total. The summed E-state index contributed by atoms with van der Waals surface area (Å²) in [6, 6.07) is 1.54. The van der Waals surface area contributed by atoms with Crippen LogP contribution in [0.3, 0.4) is 0 Å². The first kappa shape index (κ1) is 11.3. The highest BCUT2D eigenvalue weighted by atomic mass is 35.5. The maximum atomic E-state index is 11.8. The first-order chi connectivity index (χ1) is 7.75. The predicted molar refractivity (Wildman–Crippen MR) is 61.3 cm³/mol. The topological polar surface area (TPSA) is 66.9 Å². The third-order valence-electron chi connectivity index (χ3n) is 2.55. The lowest BCUT2D eigenvalue weighted by atomic mass is 9.99. The summed E-state index contributed by atoms with van der Waals surface area (Å²) in [5.74, 6) is 0.458. The smallest absolute Gasteiger partial charge is 0.229 e. The van der Waals surface area contributed by atoms with Crippen LogP contribution in [0.5, 0.6) is 0 Å². The molecule has 1 aromatic rings. The summed E-state index contributed by atoms with van der Waals surface area (Å²) in [6.45, 7) is 1.72. The quantitative estimate of drug-likeness (QED) is 0.759. The lowest BCUT2D eigenvalue weighted by molar-refractivity contribution is -0.120. The molecular weight excluding hydrogens is 228 g/mol. The summed E-state index contributed by atoms with van der Waals surface area (Å²) < 4.78 is 0. The van der Waals surface area contributed by atoms with E-state index in [0.29, 0.717) is 11.0 Å². The maximum absolute atomic E-state index is 11.8. The minimum Gasteiger partial charge on any atom is -0.316 e. The van der Waals surface area contributed by atoms with E-state index < -0.39 is 0 Å². The molecule has 0 spiro atoms. The van der Waals surface area contributed by atoms with Crippen molar-refractivity contribution in [2.45, 2.75) is 12.8 Å². The van der Waals surface area contributed by atoms with Crippen LogP contribution in [0.1, 0.15) is 12.8 Å². The van der Waals surface area contributed by atoms with Gasteiger partial charge in [0.15, 0.2) is 0 Å². The average molecular weight is 241 g/mol. The molecule has 1 fully saturated rings. The van der Waals surface area contributed by atoms with E-state index in [-0.39, 0.29) is 11.8 Å². The molecule has 2 rings (SSSR count). The third-order valence-corrected chi connectivity index (χ3v) is 2.76. The molecule has 0 saturated carbocycles. The van der Waals surface area contributed by atoms with Crippen LogP contribution >= 0.6 is 11.6 Å². The standard InChI is InChI=1S/C10H13ClN4O/c11-8-4-9(14-6-13-8)15-10(16)7-2-1-3-12-5-7/h4,6-7,12H,1-3,5H2,(H,13,14,15,16)/t7-/m1/s1. The van der Waals surface area contributed by atoms with Crippen molar-refractivity contribution < 1.29 is 4.79 Å². The fraction of sp³-hybridized carbons (Fsp3) is 0.500. The van der Waals surface area contributed by atoms with Gasteiger partial charge in [-0.1, -0.05) is 11.6 Å². The summed E-state index contributed by atoms with van der Waals surface area (Å²) in [6.07, 6.45) is 3.28. The highest BCUT2D eigenvalue weighted by Crippen LogP contribution is 2.14. The Hall–Kier alpha value is -1.20. The highest BCUT2D eigenvalue weighted by molar-refractivity contribution is 6.29. The Bertz CT molecular complexity index is 379. The van der Waals surface area contributed by atoms with Crippen LogP contribution in [0.4, 0.5) is 5.82 Å². The van der Waals surface area contributed by atoms with Gasteiger partial charge in [0.2, 0.25) is 5.91 Å². The third kappa shape index (κ3) is 2.90. The van der Waals surface area contributed by atoms with Crippen LogP contribution < -0.4 is 10.6 Å². The lowest BCUT2D eigenvalue weighted by Crippen LogP contribution is -2.37. The second-order valence-electron chi connectivity index (χ2n) is 3.76. The van der Waals surface area contributed by atoms with Gasteiger partial charge in [0.1, 0.15) is 17.3 Å². The minimum absolute atomic E-state index is 0.0121. The number of nitrogens with one attached hydrogen (secondary N) is 2. The Morgan fingerprint density at radius 1 is 1.56 bits per heavy atom. The van der Waals surface area contributed by atoms with Gasteiger partial charge < -0.3 is 10.6 Å². The minimum atomic E-state index is -0.0121. The molecule has 2 heterocycles. The normalized spacial score (nSPS) is 20.4. The molecule has 0 aliphatic carbocycles. The Labute approximate surface area is 98.6 Å². The lowest BCUT2D eigenvalue weighted by Gasteiger charge is -2.21. The Balaban J connectivity index is 1.96. The average Bonchev–Trinajstić information content (AvgIpc) is 2.30. The summed E-state index contributed by atoms with van der Waals surface area (Å²) >= 11 is 5.70. The largest absolute Gasteiger partial charge is 0.316 e. The molecule has 1 amide bonds. The van der Waals surface area contributed by atoms with Crippen molar-refractivity contribution in [3.8, 4) is 0 Å². The molecule has 1 aromatic heterocycles. The number of rotatable bonds is 2. The van der Waals surface area contributed by atoms with Gasteiger partial charge in [0.25, 0.3) is 0 Å². The van der Waals surface area contributed by atoms with E-state index in [2.05, 4.69) is 20.6 Å². The molecule has 0 unspecified atom stereocenters. The van der Waals surface area contributed by atoms with Crippen LogP contribution in [-0.2, 0) is 4.79 Å². The second kappa shape index (κ2) is 5.23. The summed E-state index contributed by atoms with van der Waals surface area (Å²) in [5.41, 5.74) is 0. The van der Waals surface area contributed by atoms with Crippen LogP contribution in [0.15, 0.2) is 12.4 Å². The molecule has 0 bridgehead atoms. The molecule has 86 valence electrons. The first-order valence-electron chi connectivity index (χ1n) is 5.25. The van der Waals surface area contributed by atoms with E-state index in [0.717, 1.165) is 25.9 Å². The van der Waals surface area contributed by atoms with E-state index in [1.807, 2.05) is 0 Å². The van der Waals surface area contributed by atoms with Crippen molar-refractivity contribution in [2.24, 2.45) is 5.92 Å². The first-order valence-corrected chi connectivity index (χ1v) is 5.62. The van der Waals surface area contributed by atoms with E-state index in [4.69, 9.17) is 11.6 Å². The maximum Gasteiger partial charge on any atom is 0.229 e. The summed E-state index contributed by atoms with van der Waals surface area (Å²) in [5, 5.41) is 6.26. The van der Waals surface area contributed by atoms with E-state index in [1.165, 1.54) is 12.4 Å². The van der Waals surface area contributed by atoms with Gasteiger partial charge in [-0.3, -0.25) is 4.79 Å². The van der Waals surface area contributed by atoms with E-state index in [9.17, 15) is 4.79 Å². The monoisotopic (exact) mass is 240 g/mol. The zero-order chi connectivity index (χ0) is 11.4. The van der Waals surface area contributed by atoms with Crippen LogP contribution in [-0.4, -0.2) is 29.0 Å². The summed E-state index contributed by atoms with van der Waals surface area (Å²) in [7, 11) is 0. The Morgan fingerprint density at radius 3 is 3.12 bits per heavy atom. The number of aromatic nitrogens is 2. The number of carbonyl (C=O) groups excluding carboxylic acids is 1. The van der Waals surface area contributed by atoms with E-state index >= 15 is 0 Å². The molecule has 1 saturated heterocycles. The number of anilines is 1. The number of piperidine rings is 1. The van der Waals surface area contributed by atoms with Crippen LogP contribution in [0.25, 0.3) is 0 Å². The van der Waals surface area contributed by atoms with Crippen molar-refractivity contribution in [1.82, 2.24) is 15.3 Å². The van der Waals surface area contributed by atoms with Gasteiger partial charge in [0.05, 0.1) is 5.92 Å². The number of nitrogens with zero attached hydrogens (tertiary/aromatic N) is 2. The molecule has 0 radical (unpaired) electrons. The number of hydrogen-bond donors (Lipinski definition) is 2. The number of amides is 1. The molecule has 0 aromatic carbocycles. The molecule has 16 heavy (non-hydrogen) atoms. The highest BCUT2D eigenvalue weighted by Gasteiger charge is 2.21. The van der Waals surface area contributed by atoms with E-state index in [1.54, 1.807) is 0 Å². The SMILES string of the molecule is O=C(Nc1cc(Cl)ncn1)[C@@H]1CCCNC1. The fourth-order valence-electron chi connectivity index (χ4n) is 1.71. The molecule has 1 aliphatic rings. The zero-order valence-corrected chi connectivity index (χ0v) is 9.50. The van der Waals surface area contributed by atoms with Crippen molar-refractivity contribution in [2.75, 3.05) is 18.4 Å². The molecule has 5 nitrogen and oxygen atoms in total. The Morgan fingerprint density at radius 2 is 2.44 bits per heavy atom. The van der Waals surface area contributed by atoms with Crippen molar-refractivity contribution in [1.29, 1.82) is 0 Å². The Kier molecular flexibility index (Phi) is 3.69. The number of carbonyl (C=O) groups is 1. The van der Waals surface area contributed by atoms with Crippen molar-refractivity contribution in [3.63, 3.8) is 0 Å². The van der Waals surface area contributed by atoms with Crippen LogP contribution in [0.2, 0.25) is 5.15 Å². The molecule has 1 aliphatic heterocycles. The van der Waals surface area contributed by atoms with Gasteiger partial charge in [-0.05, 0) is 19.4 Å². The number of halogens is 1. The van der Waals surface area contributed by atoms with Crippen molar-refractivity contribution in [3.05, 3.63) is 17.5 Å². The molecule has 1 atom stereocenters. The fourth-order valence-corrected chi connectivity index (χ4v) is 1.85. The van der Waals surface area contributed by atoms with Crippen LogP contribution in [0, 0.1) is 5.92 Å². The second-order valence-corrected chi connectivity index (χ2v) is 4.15. The molecule has 6 heteroatoms. The van der Waals surface area contributed by atoms with Gasteiger partial charge in [0, 0.05) is 12.6 Å².